The van der Waals surface area contributed by atoms with Gasteiger partial charge in [-0.2, -0.15) is 0 Å². The molecule has 0 spiro atoms. The van der Waals surface area contributed by atoms with Crippen molar-refractivity contribution in [1.29, 1.82) is 0 Å². The summed E-state index contributed by atoms with van der Waals surface area (Å²) in [6.07, 6.45) is 1.29. The van der Waals surface area contributed by atoms with E-state index in [1.165, 1.54) is 0 Å². The minimum Gasteiger partial charge on any atom is -0.427 e. The fourth-order valence-corrected chi connectivity index (χ4v) is 2.24. The maximum atomic E-state index is 12.0. The number of amides is 2. The lowest BCUT2D eigenvalue weighted by atomic mass is 10.1. The van der Waals surface area contributed by atoms with E-state index in [1.54, 1.807) is 13.0 Å². The van der Waals surface area contributed by atoms with E-state index in [-0.39, 0.29) is 12.1 Å². The summed E-state index contributed by atoms with van der Waals surface area (Å²) in [6, 6.07) is 11.5. The Balaban J connectivity index is 2.12. The summed E-state index contributed by atoms with van der Waals surface area (Å²) in [5, 5.41) is 2.28. The summed E-state index contributed by atoms with van der Waals surface area (Å²) in [4.78, 5) is 34.6. The molecular formula is C17H18N2O4. The van der Waals surface area contributed by atoms with Crippen LogP contribution in [0.5, 0.6) is 0 Å². The highest BCUT2D eigenvalue weighted by Gasteiger charge is 2.17. The van der Waals surface area contributed by atoms with Crippen LogP contribution in [-0.4, -0.2) is 18.4 Å². The molecule has 0 atom stereocenters. The topological polar surface area (TPSA) is 102 Å². The van der Waals surface area contributed by atoms with Crippen molar-refractivity contribution < 1.29 is 14.0 Å². The number of nitrogens with one attached hydrogen (secondary N) is 1. The van der Waals surface area contributed by atoms with Gasteiger partial charge in [0.1, 0.15) is 11.3 Å². The Labute approximate surface area is 133 Å². The van der Waals surface area contributed by atoms with Crippen molar-refractivity contribution in [3.8, 4) is 0 Å². The quantitative estimate of drug-likeness (QED) is 0.828. The molecule has 6 heteroatoms. The first-order valence-corrected chi connectivity index (χ1v) is 7.21. The van der Waals surface area contributed by atoms with E-state index in [9.17, 15) is 14.4 Å². The van der Waals surface area contributed by atoms with Crippen LogP contribution in [0, 0.1) is 6.92 Å². The fourth-order valence-electron chi connectivity index (χ4n) is 2.24. The van der Waals surface area contributed by atoms with E-state index in [0.29, 0.717) is 17.7 Å². The first-order chi connectivity index (χ1) is 11.0. The van der Waals surface area contributed by atoms with Gasteiger partial charge < -0.3 is 15.5 Å². The lowest BCUT2D eigenvalue weighted by Gasteiger charge is -2.07. The third-order valence-corrected chi connectivity index (χ3v) is 3.35. The van der Waals surface area contributed by atoms with Gasteiger partial charge >= 0.3 is 5.63 Å². The van der Waals surface area contributed by atoms with E-state index in [0.717, 1.165) is 12.0 Å². The molecule has 2 rings (SSSR count). The van der Waals surface area contributed by atoms with Gasteiger partial charge in [-0.25, -0.2) is 4.79 Å². The highest BCUT2D eigenvalue weighted by molar-refractivity contribution is 5.97. The Morgan fingerprint density at radius 3 is 2.48 bits per heavy atom. The van der Waals surface area contributed by atoms with E-state index >= 15 is 0 Å². The molecule has 1 aromatic heterocycles. The first kappa shape index (κ1) is 16.5. The third kappa shape index (κ3) is 4.54. The maximum Gasteiger partial charge on any atom is 0.349 e. The fraction of sp³-hybridized carbons (Fsp3) is 0.235. The standard InChI is InChI=1S/C17H18N2O4/c1-11-9-13(8-7-12-5-3-2-4-6-12)23-17(22)15(11)16(21)19-10-14(18)20/h2-6,9H,7-8,10H2,1H3,(H2,18,20)(H,19,21). The van der Waals surface area contributed by atoms with Gasteiger partial charge in [-0.1, -0.05) is 30.3 Å². The molecule has 0 fully saturated rings. The number of nitrogens with two attached hydrogens (primary N) is 1. The molecule has 23 heavy (non-hydrogen) atoms. The molecule has 1 aromatic carbocycles. The molecule has 6 nitrogen and oxygen atoms in total. The van der Waals surface area contributed by atoms with Crippen LogP contribution < -0.4 is 16.7 Å². The molecule has 3 N–H and O–H groups in total. The summed E-state index contributed by atoms with van der Waals surface area (Å²) in [5.41, 5.74) is 5.78. The smallest absolute Gasteiger partial charge is 0.349 e. The van der Waals surface area contributed by atoms with Crippen LogP contribution >= 0.6 is 0 Å². The van der Waals surface area contributed by atoms with E-state index in [2.05, 4.69) is 5.32 Å². The van der Waals surface area contributed by atoms with Crippen LogP contribution in [0.1, 0.15) is 27.2 Å². The summed E-state index contributed by atoms with van der Waals surface area (Å²) in [6.45, 7) is 1.33. The molecule has 0 aliphatic rings. The van der Waals surface area contributed by atoms with Gasteiger partial charge in [-0.3, -0.25) is 9.59 Å². The van der Waals surface area contributed by atoms with Crippen molar-refractivity contribution in [2.24, 2.45) is 5.73 Å². The summed E-state index contributed by atoms with van der Waals surface area (Å²) < 4.78 is 5.21. The van der Waals surface area contributed by atoms with Gasteiger partial charge in [0.2, 0.25) is 5.91 Å². The number of carbonyl (C=O) groups excluding carboxylic acids is 2. The van der Waals surface area contributed by atoms with Crippen LogP contribution in [0.3, 0.4) is 0 Å². The molecule has 2 amide bonds. The maximum absolute atomic E-state index is 12.0. The van der Waals surface area contributed by atoms with Crippen LogP contribution in [0.4, 0.5) is 0 Å². The summed E-state index contributed by atoms with van der Waals surface area (Å²) in [7, 11) is 0. The van der Waals surface area contributed by atoms with Crippen molar-refractivity contribution in [1.82, 2.24) is 5.32 Å². The Bertz CT molecular complexity index is 766. The van der Waals surface area contributed by atoms with Gasteiger partial charge in [0.25, 0.3) is 5.91 Å². The second kappa shape index (κ2) is 7.40. The van der Waals surface area contributed by atoms with E-state index in [1.807, 2.05) is 30.3 Å². The van der Waals surface area contributed by atoms with Crippen LogP contribution in [0.15, 0.2) is 45.6 Å². The summed E-state index contributed by atoms with van der Waals surface area (Å²) >= 11 is 0. The molecule has 1 heterocycles. The number of benzene rings is 1. The molecule has 0 aliphatic heterocycles. The minimum absolute atomic E-state index is 0.102. The zero-order valence-electron chi connectivity index (χ0n) is 12.8. The van der Waals surface area contributed by atoms with Crippen molar-refractivity contribution >= 4 is 11.8 Å². The van der Waals surface area contributed by atoms with Crippen LogP contribution in [0.25, 0.3) is 0 Å². The Kier molecular flexibility index (Phi) is 5.30. The molecule has 2 aromatic rings. The SMILES string of the molecule is Cc1cc(CCc2ccccc2)oc(=O)c1C(=O)NCC(N)=O. The average molecular weight is 314 g/mol. The molecule has 0 unspecified atom stereocenters. The molecule has 120 valence electrons. The van der Waals surface area contributed by atoms with Crippen LogP contribution in [0.2, 0.25) is 0 Å². The lowest BCUT2D eigenvalue weighted by molar-refractivity contribution is -0.117. The number of rotatable bonds is 6. The number of hydrogen-bond donors (Lipinski definition) is 2. The first-order valence-electron chi connectivity index (χ1n) is 7.21. The molecule has 0 saturated heterocycles. The highest BCUT2D eigenvalue weighted by Crippen LogP contribution is 2.10. The lowest BCUT2D eigenvalue weighted by Crippen LogP contribution is -2.36. The van der Waals surface area contributed by atoms with Crippen molar-refractivity contribution in [3.63, 3.8) is 0 Å². The zero-order valence-corrected chi connectivity index (χ0v) is 12.8. The van der Waals surface area contributed by atoms with Gasteiger partial charge in [0, 0.05) is 6.42 Å². The summed E-state index contributed by atoms with van der Waals surface area (Å²) in [5.74, 6) is -0.827. The van der Waals surface area contributed by atoms with Gasteiger partial charge in [0.15, 0.2) is 0 Å². The van der Waals surface area contributed by atoms with E-state index in [4.69, 9.17) is 10.2 Å². The number of carbonyl (C=O) groups is 2. The average Bonchev–Trinajstić information content (AvgIpc) is 2.51. The van der Waals surface area contributed by atoms with E-state index < -0.39 is 17.4 Å². The molecule has 0 radical (unpaired) electrons. The predicted octanol–water partition coefficient (Wildman–Crippen LogP) is 0.949. The minimum atomic E-state index is -0.713. The van der Waals surface area contributed by atoms with Crippen molar-refractivity contribution in [2.75, 3.05) is 6.54 Å². The van der Waals surface area contributed by atoms with Gasteiger partial charge in [-0.15, -0.1) is 0 Å². The highest BCUT2D eigenvalue weighted by atomic mass is 16.4. The largest absolute Gasteiger partial charge is 0.427 e. The molecular weight excluding hydrogens is 296 g/mol. The molecule has 0 bridgehead atoms. The normalized spacial score (nSPS) is 10.3. The second-order valence-electron chi connectivity index (χ2n) is 5.19. The van der Waals surface area contributed by atoms with Gasteiger partial charge in [0.05, 0.1) is 6.54 Å². The number of hydrogen-bond acceptors (Lipinski definition) is 4. The Hall–Kier alpha value is -2.89. The van der Waals surface area contributed by atoms with Crippen LogP contribution in [-0.2, 0) is 17.6 Å². The van der Waals surface area contributed by atoms with Crippen molar-refractivity contribution in [3.05, 3.63) is 69.3 Å². The Morgan fingerprint density at radius 1 is 1.17 bits per heavy atom. The second-order valence-corrected chi connectivity index (χ2v) is 5.19. The molecule has 0 saturated carbocycles. The number of aryl methyl sites for hydroxylation is 3. The number of primary amides is 1. The van der Waals surface area contributed by atoms with Crippen molar-refractivity contribution in [2.45, 2.75) is 19.8 Å². The van der Waals surface area contributed by atoms with Gasteiger partial charge in [-0.05, 0) is 30.5 Å². The zero-order chi connectivity index (χ0) is 16.8. The predicted molar refractivity (Wildman–Crippen MR) is 85.1 cm³/mol. The monoisotopic (exact) mass is 314 g/mol. The third-order valence-electron chi connectivity index (χ3n) is 3.35. The Morgan fingerprint density at radius 2 is 1.87 bits per heavy atom. The molecule has 0 aliphatic carbocycles.